The first-order valence-corrected chi connectivity index (χ1v) is 8.64. The van der Waals surface area contributed by atoms with Gasteiger partial charge in [-0.2, -0.15) is 0 Å². The summed E-state index contributed by atoms with van der Waals surface area (Å²) in [6.07, 6.45) is 0. The predicted molar refractivity (Wildman–Crippen MR) is 103 cm³/mol. The molecule has 0 bridgehead atoms. The van der Waals surface area contributed by atoms with E-state index in [0.29, 0.717) is 22.6 Å². The Morgan fingerprint density at radius 1 is 1.04 bits per heavy atom. The van der Waals surface area contributed by atoms with Crippen LogP contribution < -0.4 is 9.64 Å². The van der Waals surface area contributed by atoms with Crippen LogP contribution in [-0.2, 0) is 9.59 Å². The van der Waals surface area contributed by atoms with Crippen LogP contribution in [0.4, 0.5) is 5.69 Å². The largest absolute Gasteiger partial charge is 0.497 e. The molecule has 0 saturated heterocycles. The van der Waals surface area contributed by atoms with E-state index < -0.39 is 5.91 Å². The highest BCUT2D eigenvalue weighted by Gasteiger charge is 2.42. The highest BCUT2D eigenvalue weighted by Crippen LogP contribution is 2.35. The van der Waals surface area contributed by atoms with Crippen molar-refractivity contribution >= 4 is 23.1 Å². The van der Waals surface area contributed by atoms with Gasteiger partial charge in [-0.3, -0.25) is 9.59 Å². The number of amides is 2. The Balaban J connectivity index is 2.13. The van der Waals surface area contributed by atoms with E-state index in [2.05, 4.69) is 0 Å². The van der Waals surface area contributed by atoms with E-state index in [4.69, 9.17) is 4.74 Å². The van der Waals surface area contributed by atoms with Crippen LogP contribution in [0.15, 0.2) is 54.2 Å². The van der Waals surface area contributed by atoms with Crippen molar-refractivity contribution in [3.05, 3.63) is 65.4 Å². The maximum Gasteiger partial charge on any atom is 0.282 e. The number of aryl methyl sites for hydroxylation is 1. The molecule has 6 nitrogen and oxygen atoms in total. The number of carbonyl (C=O) groups is 2. The molecule has 1 aliphatic rings. The molecule has 3 rings (SSSR count). The van der Waals surface area contributed by atoms with Gasteiger partial charge in [0, 0.05) is 13.6 Å². The van der Waals surface area contributed by atoms with E-state index in [1.165, 1.54) is 4.90 Å². The van der Waals surface area contributed by atoms with Gasteiger partial charge < -0.3 is 14.7 Å². The number of likely N-dealkylation sites (N-methyl/N-ethyl adjacent to an activating group) is 1. The van der Waals surface area contributed by atoms with Gasteiger partial charge in [-0.05, 0) is 36.2 Å². The van der Waals surface area contributed by atoms with Gasteiger partial charge in [0.15, 0.2) is 0 Å². The molecule has 1 N–H and O–H groups in total. The minimum atomic E-state index is -0.393. The van der Waals surface area contributed by atoms with Gasteiger partial charge >= 0.3 is 0 Å². The number of ether oxygens (including phenoxy) is 1. The Labute approximate surface area is 158 Å². The summed E-state index contributed by atoms with van der Waals surface area (Å²) >= 11 is 0. The molecule has 0 fully saturated rings. The molecule has 0 radical (unpaired) electrons. The number of rotatable bonds is 6. The van der Waals surface area contributed by atoms with Gasteiger partial charge in [0.25, 0.3) is 11.8 Å². The van der Waals surface area contributed by atoms with Gasteiger partial charge in [-0.15, -0.1) is 0 Å². The Morgan fingerprint density at radius 3 is 2.30 bits per heavy atom. The highest BCUT2D eigenvalue weighted by molar-refractivity contribution is 6.45. The highest BCUT2D eigenvalue weighted by atomic mass is 16.5. The molecule has 0 saturated carbocycles. The lowest BCUT2D eigenvalue weighted by Gasteiger charge is -2.21. The first-order chi connectivity index (χ1) is 13.0. The molecule has 1 aliphatic heterocycles. The molecule has 6 heteroatoms. The number of aliphatic hydroxyl groups is 1. The summed E-state index contributed by atoms with van der Waals surface area (Å²) in [6, 6.07) is 14.3. The van der Waals surface area contributed by atoms with Crippen LogP contribution in [-0.4, -0.2) is 49.1 Å². The summed E-state index contributed by atoms with van der Waals surface area (Å²) in [5, 5.41) is 9.31. The molecule has 2 aromatic carbocycles. The van der Waals surface area contributed by atoms with Crippen LogP contribution in [0, 0.1) is 6.92 Å². The zero-order valence-electron chi connectivity index (χ0n) is 15.6. The maximum atomic E-state index is 13.3. The summed E-state index contributed by atoms with van der Waals surface area (Å²) in [5.74, 6) is -0.104. The second kappa shape index (κ2) is 7.63. The van der Waals surface area contributed by atoms with Gasteiger partial charge in [0.1, 0.15) is 11.4 Å². The molecular weight excluding hydrogens is 344 g/mol. The van der Waals surface area contributed by atoms with Gasteiger partial charge in [-0.25, -0.2) is 4.90 Å². The van der Waals surface area contributed by atoms with Crippen molar-refractivity contribution in [2.75, 3.05) is 32.2 Å². The normalized spacial score (nSPS) is 14.1. The van der Waals surface area contributed by atoms with E-state index >= 15 is 0 Å². The van der Waals surface area contributed by atoms with Crippen molar-refractivity contribution < 1.29 is 19.4 Å². The van der Waals surface area contributed by atoms with Crippen molar-refractivity contribution in [2.45, 2.75) is 6.92 Å². The van der Waals surface area contributed by atoms with Crippen molar-refractivity contribution in [2.24, 2.45) is 0 Å². The number of hydrogen-bond donors (Lipinski definition) is 1. The smallest absolute Gasteiger partial charge is 0.282 e. The Morgan fingerprint density at radius 2 is 1.70 bits per heavy atom. The molecule has 0 aromatic heterocycles. The fourth-order valence-electron chi connectivity index (χ4n) is 3.19. The topological polar surface area (TPSA) is 70.1 Å². The zero-order valence-corrected chi connectivity index (χ0v) is 15.6. The lowest BCUT2D eigenvalue weighted by atomic mass is 10.0. The van der Waals surface area contributed by atoms with Crippen molar-refractivity contribution in [3.8, 4) is 5.75 Å². The molecule has 2 amide bonds. The first kappa shape index (κ1) is 18.7. The molecule has 0 spiro atoms. The lowest BCUT2D eigenvalue weighted by molar-refractivity contribution is -0.120. The zero-order chi connectivity index (χ0) is 19.6. The number of para-hydroxylation sites is 1. The second-order valence-electron chi connectivity index (χ2n) is 6.33. The quantitative estimate of drug-likeness (QED) is 0.794. The number of aliphatic hydroxyl groups excluding tert-OH is 1. The molecule has 1 heterocycles. The minimum Gasteiger partial charge on any atom is -0.497 e. The number of hydrogen-bond acceptors (Lipinski definition) is 5. The van der Waals surface area contributed by atoms with Crippen molar-refractivity contribution in [1.82, 2.24) is 4.90 Å². The Bertz CT molecular complexity index is 903. The number of carbonyl (C=O) groups excluding carboxylic acids is 2. The van der Waals surface area contributed by atoms with E-state index in [9.17, 15) is 14.7 Å². The van der Waals surface area contributed by atoms with Crippen molar-refractivity contribution in [3.63, 3.8) is 0 Å². The predicted octanol–water partition coefficient (Wildman–Crippen LogP) is 2.21. The molecule has 0 unspecified atom stereocenters. The summed E-state index contributed by atoms with van der Waals surface area (Å²) in [5.41, 5.74) is 2.62. The van der Waals surface area contributed by atoms with Crippen LogP contribution in [0.2, 0.25) is 0 Å². The summed E-state index contributed by atoms with van der Waals surface area (Å²) < 4.78 is 5.18. The van der Waals surface area contributed by atoms with Gasteiger partial charge in [-0.1, -0.05) is 30.3 Å². The van der Waals surface area contributed by atoms with Crippen LogP contribution in [0.3, 0.4) is 0 Å². The number of benzene rings is 2. The summed E-state index contributed by atoms with van der Waals surface area (Å²) in [7, 11) is 3.26. The fraction of sp³-hybridized carbons (Fsp3) is 0.238. The number of imide groups is 1. The van der Waals surface area contributed by atoms with Crippen LogP contribution in [0.5, 0.6) is 5.75 Å². The fourth-order valence-corrected chi connectivity index (χ4v) is 3.19. The summed E-state index contributed by atoms with van der Waals surface area (Å²) in [6.45, 7) is 1.98. The molecule has 27 heavy (non-hydrogen) atoms. The Hall–Kier alpha value is -3.12. The average molecular weight is 366 g/mol. The van der Waals surface area contributed by atoms with Crippen LogP contribution >= 0.6 is 0 Å². The first-order valence-electron chi connectivity index (χ1n) is 8.64. The average Bonchev–Trinajstić information content (AvgIpc) is 2.93. The van der Waals surface area contributed by atoms with E-state index in [-0.39, 0.29) is 24.8 Å². The standard InChI is InChI=1S/C21H22N2O4/c1-14-6-4-5-7-17(14)23-20(25)18(15-8-10-16(27-3)11-9-15)19(21(23)26)22(2)12-13-24/h4-11,24H,12-13H2,1-3H3. The second-order valence-corrected chi connectivity index (χ2v) is 6.33. The number of methoxy groups -OCH3 is 1. The summed E-state index contributed by atoms with van der Waals surface area (Å²) in [4.78, 5) is 29.3. The third kappa shape index (κ3) is 3.31. The van der Waals surface area contributed by atoms with E-state index in [1.54, 1.807) is 55.5 Å². The third-order valence-corrected chi connectivity index (χ3v) is 4.61. The molecule has 0 aliphatic carbocycles. The Kier molecular flexibility index (Phi) is 5.28. The van der Waals surface area contributed by atoms with Crippen LogP contribution in [0.1, 0.15) is 11.1 Å². The SMILES string of the molecule is COc1ccc(C2=C(N(C)CCO)C(=O)N(c3ccccc3C)C2=O)cc1. The lowest BCUT2D eigenvalue weighted by Crippen LogP contribution is -2.35. The number of anilines is 1. The van der Waals surface area contributed by atoms with Crippen molar-refractivity contribution in [1.29, 1.82) is 0 Å². The monoisotopic (exact) mass is 366 g/mol. The van der Waals surface area contributed by atoms with Gasteiger partial charge in [0.05, 0.1) is 25.0 Å². The minimum absolute atomic E-state index is 0.123. The van der Waals surface area contributed by atoms with E-state index in [0.717, 1.165) is 5.56 Å². The third-order valence-electron chi connectivity index (χ3n) is 4.61. The molecule has 2 aromatic rings. The number of nitrogens with zero attached hydrogens (tertiary/aromatic N) is 2. The molecule has 0 atom stereocenters. The molecular formula is C21H22N2O4. The molecule has 140 valence electrons. The van der Waals surface area contributed by atoms with E-state index in [1.807, 2.05) is 19.1 Å². The van der Waals surface area contributed by atoms with Crippen LogP contribution in [0.25, 0.3) is 5.57 Å². The van der Waals surface area contributed by atoms with Gasteiger partial charge in [0.2, 0.25) is 0 Å². The maximum absolute atomic E-state index is 13.3.